The van der Waals surface area contributed by atoms with Crippen LogP contribution in [0.3, 0.4) is 0 Å². The molecule has 0 aliphatic heterocycles. The zero-order chi connectivity index (χ0) is 67.1. The van der Waals surface area contributed by atoms with Gasteiger partial charge in [0.15, 0.2) is 0 Å². The normalized spacial score (nSPS) is 21.0. The summed E-state index contributed by atoms with van der Waals surface area (Å²) in [5, 5.41) is 0. The van der Waals surface area contributed by atoms with E-state index in [0.29, 0.717) is 21.7 Å². The maximum Gasteiger partial charge on any atom is -0.0354 e. The van der Waals surface area contributed by atoms with Crippen molar-refractivity contribution in [3.63, 3.8) is 0 Å². The molecule has 0 heterocycles. The average molecular weight is 1190 g/mol. The molecule has 5 aliphatic carbocycles. The van der Waals surface area contributed by atoms with Crippen molar-refractivity contribution in [3.8, 4) is 0 Å². The standard InChI is InChI=1S/5C7H14.7C7H16/c1-6-3-4-7(2)5-6;1-7(2)5-3-4-6-7;1-6-4-3-5-7(6)2;1-7-5-3-2-4-6-7;1-2-7-5-3-4-6-7;1-6(2)7(3,4)5;2*1-5-7(3,4)6-2;2*1-5-7(4)6(2)3;1-4-6-7(3)5-2;1-4-7(5-2)6-3/h6-7H,3-5H2,1-2H3;3-6H2,1-2H3;6-7H,3-5H2,1-2H3;2*7H,2-6H2,1H3;6H,1-5H3;2*5-6H2,1-4H3;2*6-7H,5H2,1-4H3;2*7H,4-6H2,1-3H3/t6-,7?;;6-,7?;;;;;;;;;/m1.1........./s1. The van der Waals surface area contributed by atoms with E-state index in [0.717, 1.165) is 76.9 Å². The first-order chi connectivity index (χ1) is 38.8. The Morgan fingerprint density at radius 3 is 0.810 bits per heavy atom. The van der Waals surface area contributed by atoms with Crippen molar-refractivity contribution < 1.29 is 0 Å². The second kappa shape index (κ2) is 61.8. The molecule has 0 heteroatoms. The van der Waals surface area contributed by atoms with Crippen molar-refractivity contribution in [2.75, 3.05) is 0 Å². The van der Waals surface area contributed by atoms with Crippen LogP contribution in [0.15, 0.2) is 0 Å². The fourth-order valence-corrected chi connectivity index (χ4v) is 9.89. The molecule has 0 amide bonds. The van der Waals surface area contributed by atoms with Crippen molar-refractivity contribution >= 4 is 0 Å². The minimum atomic E-state index is 0.500. The smallest absolute Gasteiger partial charge is 0.0354 e. The van der Waals surface area contributed by atoms with Crippen molar-refractivity contribution in [2.24, 2.45) is 98.6 Å². The molecule has 0 bridgehead atoms. The van der Waals surface area contributed by atoms with Gasteiger partial charge >= 0.3 is 0 Å². The van der Waals surface area contributed by atoms with Crippen molar-refractivity contribution in [3.05, 3.63) is 0 Å². The van der Waals surface area contributed by atoms with Crippen LogP contribution in [0.25, 0.3) is 0 Å². The Morgan fingerprint density at radius 2 is 0.714 bits per heavy atom. The van der Waals surface area contributed by atoms with E-state index in [-0.39, 0.29) is 0 Å². The summed E-state index contributed by atoms with van der Waals surface area (Å²) in [4.78, 5) is 0. The highest BCUT2D eigenvalue weighted by atomic mass is 14.3. The molecular weight excluding hydrogens is 1010 g/mol. The van der Waals surface area contributed by atoms with Crippen LogP contribution >= 0.6 is 0 Å². The molecule has 5 aliphatic rings. The molecule has 7 atom stereocenters. The molecule has 0 aromatic rings. The SMILES string of the molecule is CC(C)C(C)(C)C.CC1(C)CCCC1.CC1CCCCC1.CC1CCC[C@H]1C.CC1CC[C@@H](C)C1.CCC(C)(C)CC.CCC(C)(C)CC.CCC(C)C(C)C.CCC(C)C(C)C.CCC(CC)CC.CCC1CCCC1.CCCC(C)CC. The fourth-order valence-electron chi connectivity index (χ4n) is 9.89. The van der Waals surface area contributed by atoms with Gasteiger partial charge in [0.2, 0.25) is 0 Å². The van der Waals surface area contributed by atoms with E-state index in [1.54, 1.807) is 0 Å². The van der Waals surface area contributed by atoms with Gasteiger partial charge in [-0.05, 0) is 118 Å². The summed E-state index contributed by atoms with van der Waals surface area (Å²) in [5.41, 5.74) is 2.36. The molecule has 84 heavy (non-hydrogen) atoms. The molecule has 0 aromatic heterocycles. The van der Waals surface area contributed by atoms with E-state index in [9.17, 15) is 0 Å². The lowest BCUT2D eigenvalue weighted by Gasteiger charge is -2.22. The Labute approximate surface area is 543 Å². The summed E-state index contributed by atoms with van der Waals surface area (Å²) >= 11 is 0. The molecule has 5 saturated carbocycles. The number of hydrogen-bond acceptors (Lipinski definition) is 0. The molecule has 0 N–H and O–H groups in total. The lowest BCUT2D eigenvalue weighted by Crippen LogP contribution is -2.12. The summed E-state index contributed by atoms with van der Waals surface area (Å²) in [6.07, 6.45) is 45.5. The molecule has 0 spiro atoms. The van der Waals surface area contributed by atoms with Crippen LogP contribution in [-0.2, 0) is 0 Å². The lowest BCUT2D eigenvalue weighted by molar-refractivity contribution is 0.283. The lowest BCUT2D eigenvalue weighted by atomic mass is 9.84. The van der Waals surface area contributed by atoms with E-state index in [4.69, 9.17) is 0 Å². The van der Waals surface area contributed by atoms with Crippen LogP contribution in [0.5, 0.6) is 0 Å². The largest absolute Gasteiger partial charge is 0.0654 e. The summed E-state index contributed by atoms with van der Waals surface area (Å²) in [7, 11) is 0. The van der Waals surface area contributed by atoms with Gasteiger partial charge in [-0.3, -0.25) is 0 Å². The zero-order valence-electron chi connectivity index (χ0n) is 67.1. The van der Waals surface area contributed by atoms with Gasteiger partial charge in [-0.15, -0.1) is 0 Å². The van der Waals surface area contributed by atoms with Crippen LogP contribution in [-0.4, -0.2) is 0 Å². The monoisotopic (exact) mass is 1190 g/mol. The molecule has 0 aromatic carbocycles. The van der Waals surface area contributed by atoms with Crippen LogP contribution in [0.4, 0.5) is 0 Å². The Hall–Kier alpha value is 0. The van der Waals surface area contributed by atoms with E-state index < -0.39 is 0 Å². The first-order valence-corrected chi connectivity index (χ1v) is 38.8. The van der Waals surface area contributed by atoms with E-state index >= 15 is 0 Å². The third kappa shape index (κ3) is 72.7. The van der Waals surface area contributed by atoms with Crippen LogP contribution in [0.2, 0.25) is 0 Å². The van der Waals surface area contributed by atoms with Gasteiger partial charge in [0, 0.05) is 0 Å². The minimum Gasteiger partial charge on any atom is -0.0654 e. The van der Waals surface area contributed by atoms with Gasteiger partial charge in [-0.2, -0.15) is 0 Å². The molecule has 518 valence electrons. The first kappa shape index (κ1) is 97.6. The van der Waals surface area contributed by atoms with Crippen molar-refractivity contribution in [1.82, 2.24) is 0 Å². The first-order valence-electron chi connectivity index (χ1n) is 38.8. The van der Waals surface area contributed by atoms with Crippen molar-refractivity contribution in [2.45, 2.75) is 448 Å². The highest BCUT2D eigenvalue weighted by Gasteiger charge is 2.22. The quantitative estimate of drug-likeness (QED) is 0.153. The van der Waals surface area contributed by atoms with E-state index in [1.165, 1.54) is 205 Å². The maximum absolute atomic E-state index is 2.36. The molecule has 0 nitrogen and oxygen atoms in total. The zero-order valence-corrected chi connectivity index (χ0v) is 67.1. The van der Waals surface area contributed by atoms with Crippen LogP contribution in [0.1, 0.15) is 448 Å². The Morgan fingerprint density at radius 1 is 0.381 bits per heavy atom. The molecule has 0 saturated heterocycles. The van der Waals surface area contributed by atoms with Gasteiger partial charge in [0.25, 0.3) is 0 Å². The van der Waals surface area contributed by atoms with E-state index in [2.05, 4.69) is 242 Å². The summed E-state index contributed by atoms with van der Waals surface area (Å²) < 4.78 is 0. The van der Waals surface area contributed by atoms with Crippen molar-refractivity contribution in [1.29, 1.82) is 0 Å². The average Bonchev–Trinajstić information content (AvgIpc) is 4.30. The summed E-state index contributed by atoms with van der Waals surface area (Å²) in [5.74, 6) is 12.5. The second-order valence-corrected chi connectivity index (χ2v) is 33.5. The summed E-state index contributed by atoms with van der Waals surface area (Å²) in [6, 6.07) is 0. The van der Waals surface area contributed by atoms with Gasteiger partial charge in [0.05, 0.1) is 0 Å². The third-order valence-corrected chi connectivity index (χ3v) is 22.5. The highest BCUT2D eigenvalue weighted by molar-refractivity contribution is 4.75. The van der Waals surface area contributed by atoms with Gasteiger partial charge < -0.3 is 0 Å². The Balaban J connectivity index is -0.000000154. The number of hydrogen-bond donors (Lipinski definition) is 0. The molecular formula is C84H182. The Bertz CT molecular complexity index is 1110. The maximum atomic E-state index is 2.36. The molecule has 5 fully saturated rings. The van der Waals surface area contributed by atoms with Gasteiger partial charge in [-0.25, -0.2) is 0 Å². The number of rotatable bonds is 15. The highest BCUT2D eigenvalue weighted by Crippen LogP contribution is 2.36. The topological polar surface area (TPSA) is 0 Å². The second-order valence-electron chi connectivity index (χ2n) is 33.5. The summed E-state index contributed by atoms with van der Waals surface area (Å²) in [6.45, 7) is 80.0. The predicted octanol–water partition coefficient (Wildman–Crippen LogP) is 32.0. The van der Waals surface area contributed by atoms with Crippen LogP contribution in [0, 0.1) is 98.6 Å². The van der Waals surface area contributed by atoms with E-state index in [1.807, 2.05) is 0 Å². The third-order valence-electron chi connectivity index (χ3n) is 22.5. The molecule has 5 unspecified atom stereocenters. The Kier molecular flexibility index (Phi) is 71.9. The predicted molar refractivity (Wildman–Crippen MR) is 401 cm³/mol. The van der Waals surface area contributed by atoms with Crippen LogP contribution < -0.4 is 0 Å². The molecule has 5 rings (SSSR count). The molecule has 0 radical (unpaired) electrons. The minimum absolute atomic E-state index is 0.500. The van der Waals surface area contributed by atoms with Gasteiger partial charge in [0.1, 0.15) is 0 Å². The fraction of sp³-hybridized carbons (Fsp3) is 1.00. The van der Waals surface area contributed by atoms with Gasteiger partial charge in [-0.1, -0.05) is 429 Å².